The number of carbonyl (C=O) groups excluding carboxylic acids is 1. The quantitative estimate of drug-likeness (QED) is 0.838. The Morgan fingerprint density at radius 1 is 1.38 bits per heavy atom. The van der Waals surface area contributed by atoms with Gasteiger partial charge in [-0.05, 0) is 38.3 Å². The van der Waals surface area contributed by atoms with Crippen LogP contribution in [0.1, 0.15) is 36.6 Å². The van der Waals surface area contributed by atoms with Gasteiger partial charge in [0.1, 0.15) is 5.15 Å². The average Bonchev–Trinajstić information content (AvgIpc) is 2.87. The average molecular weight is 373 g/mol. The molecule has 2 unspecified atom stereocenters. The second kappa shape index (κ2) is 8.06. The van der Waals surface area contributed by atoms with Crippen LogP contribution in [0.15, 0.2) is 36.4 Å². The molecular formula is C20H25ClN4O. The highest BCUT2D eigenvalue weighted by Crippen LogP contribution is 2.23. The van der Waals surface area contributed by atoms with E-state index in [0.29, 0.717) is 18.2 Å². The highest BCUT2D eigenvalue weighted by atomic mass is 35.5. The number of aryl methyl sites for hydroxylation is 1. The van der Waals surface area contributed by atoms with E-state index in [9.17, 15) is 4.79 Å². The van der Waals surface area contributed by atoms with Gasteiger partial charge in [-0.3, -0.25) is 4.79 Å². The summed E-state index contributed by atoms with van der Waals surface area (Å²) in [5.74, 6) is -0.00400. The maximum atomic E-state index is 12.5. The van der Waals surface area contributed by atoms with E-state index in [0.717, 1.165) is 29.7 Å². The lowest BCUT2D eigenvalue weighted by molar-refractivity contribution is -0.129. The Labute approximate surface area is 159 Å². The van der Waals surface area contributed by atoms with Gasteiger partial charge in [-0.1, -0.05) is 41.9 Å². The van der Waals surface area contributed by atoms with Gasteiger partial charge >= 0.3 is 0 Å². The predicted octanol–water partition coefficient (Wildman–Crippen LogP) is 3.24. The van der Waals surface area contributed by atoms with Gasteiger partial charge in [0, 0.05) is 30.3 Å². The van der Waals surface area contributed by atoms with E-state index >= 15 is 0 Å². The summed E-state index contributed by atoms with van der Waals surface area (Å²) in [5.41, 5.74) is 8.70. The number of aromatic nitrogens is 2. The summed E-state index contributed by atoms with van der Waals surface area (Å²) in [6.07, 6.45) is 5.05. The molecule has 1 saturated heterocycles. The Morgan fingerprint density at radius 2 is 2.12 bits per heavy atom. The number of likely N-dealkylation sites (tertiary alicyclic amines) is 1. The second-order valence-corrected chi connectivity index (χ2v) is 7.29. The van der Waals surface area contributed by atoms with Crippen molar-refractivity contribution in [3.63, 3.8) is 0 Å². The normalized spacial score (nSPS) is 20.7. The molecule has 138 valence electrons. The third-order valence-corrected chi connectivity index (χ3v) is 5.28. The van der Waals surface area contributed by atoms with Gasteiger partial charge in [0.25, 0.3) is 0 Å². The molecule has 1 amide bonds. The largest absolute Gasteiger partial charge is 0.336 e. The highest BCUT2D eigenvalue weighted by Gasteiger charge is 2.25. The first-order chi connectivity index (χ1) is 12.5. The molecule has 0 bridgehead atoms. The molecule has 2 N–H and O–H groups in total. The molecule has 0 spiro atoms. The molecule has 2 aromatic rings. The SMILES string of the molecule is Cc1nn(Cc2ccccc2)c(Cl)c1/C=C/C(=O)N1CCC(N)CC1C. The number of nitrogens with two attached hydrogens (primary N) is 1. The number of rotatable bonds is 4. The van der Waals surface area contributed by atoms with Crippen molar-refractivity contribution >= 4 is 23.6 Å². The molecule has 26 heavy (non-hydrogen) atoms. The number of amides is 1. The molecule has 0 radical (unpaired) electrons. The third kappa shape index (κ3) is 4.17. The minimum Gasteiger partial charge on any atom is -0.336 e. The lowest BCUT2D eigenvalue weighted by Crippen LogP contribution is -2.47. The van der Waals surface area contributed by atoms with E-state index < -0.39 is 0 Å². The summed E-state index contributed by atoms with van der Waals surface area (Å²) in [5, 5.41) is 5.06. The summed E-state index contributed by atoms with van der Waals surface area (Å²) >= 11 is 6.50. The zero-order valence-corrected chi connectivity index (χ0v) is 16.0. The maximum absolute atomic E-state index is 12.5. The molecule has 3 rings (SSSR count). The van der Waals surface area contributed by atoms with Gasteiger partial charge in [0.05, 0.1) is 12.2 Å². The van der Waals surface area contributed by atoms with Crippen molar-refractivity contribution in [2.75, 3.05) is 6.54 Å². The first-order valence-corrected chi connectivity index (χ1v) is 9.34. The number of nitrogens with zero attached hydrogens (tertiary/aromatic N) is 3. The summed E-state index contributed by atoms with van der Waals surface area (Å²) in [6, 6.07) is 10.4. The van der Waals surface area contributed by atoms with Crippen LogP contribution in [-0.4, -0.2) is 39.2 Å². The lowest BCUT2D eigenvalue weighted by atomic mass is 9.99. The van der Waals surface area contributed by atoms with Crippen LogP contribution in [0.3, 0.4) is 0 Å². The third-order valence-electron chi connectivity index (χ3n) is 4.88. The minimum atomic E-state index is -0.00400. The number of carbonyl (C=O) groups is 1. The van der Waals surface area contributed by atoms with Crippen molar-refractivity contribution in [2.45, 2.75) is 45.3 Å². The van der Waals surface area contributed by atoms with E-state index in [2.05, 4.69) is 5.10 Å². The molecule has 6 heteroatoms. The van der Waals surface area contributed by atoms with Crippen molar-refractivity contribution < 1.29 is 4.79 Å². The first kappa shape index (κ1) is 18.7. The Hall–Kier alpha value is -2.11. The van der Waals surface area contributed by atoms with Crippen molar-refractivity contribution in [3.8, 4) is 0 Å². The van der Waals surface area contributed by atoms with Crippen LogP contribution in [0.5, 0.6) is 0 Å². The lowest BCUT2D eigenvalue weighted by Gasteiger charge is -2.35. The Bertz CT molecular complexity index is 800. The van der Waals surface area contributed by atoms with E-state index in [4.69, 9.17) is 17.3 Å². The molecule has 1 aliphatic rings. The summed E-state index contributed by atoms with van der Waals surface area (Å²) in [6.45, 7) is 5.25. The predicted molar refractivity (Wildman–Crippen MR) is 105 cm³/mol. The van der Waals surface area contributed by atoms with Crippen LogP contribution in [0, 0.1) is 6.92 Å². The Morgan fingerprint density at radius 3 is 2.81 bits per heavy atom. The number of halogens is 1. The van der Waals surface area contributed by atoms with E-state index in [1.807, 2.05) is 49.1 Å². The summed E-state index contributed by atoms with van der Waals surface area (Å²) < 4.78 is 1.76. The summed E-state index contributed by atoms with van der Waals surface area (Å²) in [7, 11) is 0. The van der Waals surface area contributed by atoms with Gasteiger partial charge in [-0.25, -0.2) is 4.68 Å². The smallest absolute Gasteiger partial charge is 0.246 e. The fraction of sp³-hybridized carbons (Fsp3) is 0.400. The molecule has 2 atom stereocenters. The van der Waals surface area contributed by atoms with Crippen LogP contribution in [-0.2, 0) is 11.3 Å². The van der Waals surface area contributed by atoms with Crippen LogP contribution >= 0.6 is 11.6 Å². The van der Waals surface area contributed by atoms with Crippen LogP contribution in [0.2, 0.25) is 5.15 Å². The molecule has 0 saturated carbocycles. The van der Waals surface area contributed by atoms with Gasteiger partial charge in [-0.15, -0.1) is 0 Å². The zero-order valence-electron chi connectivity index (χ0n) is 15.2. The van der Waals surface area contributed by atoms with E-state index in [1.165, 1.54) is 0 Å². The molecule has 1 aromatic carbocycles. The first-order valence-electron chi connectivity index (χ1n) is 8.96. The fourth-order valence-corrected chi connectivity index (χ4v) is 3.70. The monoisotopic (exact) mass is 372 g/mol. The number of hydrogen-bond donors (Lipinski definition) is 1. The van der Waals surface area contributed by atoms with E-state index in [-0.39, 0.29) is 18.0 Å². The van der Waals surface area contributed by atoms with Gasteiger partial charge in [0.2, 0.25) is 5.91 Å². The molecule has 5 nitrogen and oxygen atoms in total. The number of piperidine rings is 1. The molecule has 1 fully saturated rings. The standard InChI is InChI=1S/C20H25ClN4O/c1-14-12-17(22)10-11-24(14)19(26)9-8-18-15(2)23-25(20(18)21)13-16-6-4-3-5-7-16/h3-9,14,17H,10-13,22H2,1-2H3/b9-8+. The Balaban J connectivity index is 1.73. The van der Waals surface area contributed by atoms with E-state index in [1.54, 1.807) is 16.8 Å². The van der Waals surface area contributed by atoms with Crippen molar-refractivity contribution in [2.24, 2.45) is 5.73 Å². The van der Waals surface area contributed by atoms with Gasteiger partial charge in [-0.2, -0.15) is 5.10 Å². The Kier molecular flexibility index (Phi) is 5.79. The van der Waals surface area contributed by atoms with Crippen LogP contribution in [0.4, 0.5) is 0 Å². The van der Waals surface area contributed by atoms with Crippen molar-refractivity contribution in [1.29, 1.82) is 0 Å². The zero-order chi connectivity index (χ0) is 18.7. The van der Waals surface area contributed by atoms with Crippen molar-refractivity contribution in [3.05, 3.63) is 58.4 Å². The second-order valence-electron chi connectivity index (χ2n) is 6.93. The highest BCUT2D eigenvalue weighted by molar-refractivity contribution is 6.31. The molecule has 1 aromatic heterocycles. The van der Waals surface area contributed by atoms with Gasteiger partial charge in [0.15, 0.2) is 0 Å². The molecule has 1 aliphatic heterocycles. The maximum Gasteiger partial charge on any atom is 0.246 e. The van der Waals surface area contributed by atoms with Crippen molar-refractivity contribution in [1.82, 2.24) is 14.7 Å². The topological polar surface area (TPSA) is 64.2 Å². The fourth-order valence-electron chi connectivity index (χ4n) is 3.40. The summed E-state index contributed by atoms with van der Waals surface area (Å²) in [4.78, 5) is 14.4. The molecule has 0 aliphatic carbocycles. The molecular weight excluding hydrogens is 348 g/mol. The van der Waals surface area contributed by atoms with Crippen LogP contribution in [0.25, 0.3) is 6.08 Å². The van der Waals surface area contributed by atoms with Crippen LogP contribution < -0.4 is 5.73 Å². The molecule has 2 heterocycles. The van der Waals surface area contributed by atoms with Gasteiger partial charge < -0.3 is 10.6 Å². The number of benzene rings is 1. The number of hydrogen-bond acceptors (Lipinski definition) is 3. The minimum absolute atomic E-state index is 0.00400.